The van der Waals surface area contributed by atoms with Crippen molar-refractivity contribution in [3.63, 3.8) is 0 Å². The van der Waals surface area contributed by atoms with Crippen LogP contribution in [-0.2, 0) is 14.3 Å². The molecule has 0 saturated carbocycles. The molecule has 1 atom stereocenters. The monoisotopic (exact) mass is 355 g/mol. The zero-order chi connectivity index (χ0) is 18.5. The Kier molecular flexibility index (Phi) is 5.53. The lowest BCUT2D eigenvalue weighted by Gasteiger charge is -2.18. The predicted octanol–water partition coefficient (Wildman–Crippen LogP) is 2.45. The topological polar surface area (TPSA) is 84.9 Å². The third-order valence-electron chi connectivity index (χ3n) is 4.37. The van der Waals surface area contributed by atoms with E-state index in [1.54, 1.807) is 0 Å². The van der Waals surface area contributed by atoms with Crippen LogP contribution < -0.4 is 5.32 Å². The van der Waals surface area contributed by atoms with Crippen molar-refractivity contribution in [2.75, 3.05) is 19.8 Å². The van der Waals surface area contributed by atoms with Crippen molar-refractivity contribution in [2.24, 2.45) is 0 Å². The summed E-state index contributed by atoms with van der Waals surface area (Å²) in [4.78, 5) is 22.9. The lowest BCUT2D eigenvalue weighted by atomic mass is 9.98. The Morgan fingerprint density at radius 3 is 2.15 bits per heavy atom. The molecule has 2 aromatic rings. The van der Waals surface area contributed by atoms with Gasteiger partial charge in [0.2, 0.25) is 0 Å². The zero-order valence-electron chi connectivity index (χ0n) is 14.5. The third kappa shape index (κ3) is 3.86. The van der Waals surface area contributed by atoms with Crippen molar-refractivity contribution in [3.05, 3.63) is 59.7 Å². The SMILES string of the molecule is CC(=O)OCC(CO)NC(=O)OCC1c2ccccc2-c2ccccc21. The first-order valence-corrected chi connectivity index (χ1v) is 8.46. The predicted molar refractivity (Wildman–Crippen MR) is 95.7 cm³/mol. The van der Waals surface area contributed by atoms with Gasteiger partial charge in [0.15, 0.2) is 0 Å². The molecule has 1 amide bonds. The molecule has 1 unspecified atom stereocenters. The van der Waals surface area contributed by atoms with Crippen molar-refractivity contribution in [3.8, 4) is 11.1 Å². The minimum Gasteiger partial charge on any atom is -0.464 e. The summed E-state index contributed by atoms with van der Waals surface area (Å²) in [6, 6.07) is 15.4. The molecular weight excluding hydrogens is 334 g/mol. The van der Waals surface area contributed by atoms with Gasteiger partial charge in [0.05, 0.1) is 12.6 Å². The van der Waals surface area contributed by atoms with E-state index in [2.05, 4.69) is 17.4 Å². The molecule has 0 spiro atoms. The molecule has 0 fully saturated rings. The third-order valence-corrected chi connectivity index (χ3v) is 4.37. The fraction of sp³-hybridized carbons (Fsp3) is 0.300. The van der Waals surface area contributed by atoms with Crippen LogP contribution in [0.2, 0.25) is 0 Å². The van der Waals surface area contributed by atoms with Gasteiger partial charge >= 0.3 is 12.1 Å². The maximum absolute atomic E-state index is 12.1. The largest absolute Gasteiger partial charge is 0.464 e. The zero-order valence-corrected chi connectivity index (χ0v) is 14.5. The van der Waals surface area contributed by atoms with E-state index < -0.39 is 18.1 Å². The highest BCUT2D eigenvalue weighted by Crippen LogP contribution is 2.44. The number of carbonyl (C=O) groups excluding carboxylic acids is 2. The van der Waals surface area contributed by atoms with Gasteiger partial charge in [0.1, 0.15) is 13.2 Å². The van der Waals surface area contributed by atoms with Gasteiger partial charge < -0.3 is 19.9 Å². The van der Waals surface area contributed by atoms with Crippen LogP contribution in [0, 0.1) is 0 Å². The van der Waals surface area contributed by atoms with Crippen molar-refractivity contribution >= 4 is 12.1 Å². The van der Waals surface area contributed by atoms with Crippen molar-refractivity contribution in [1.29, 1.82) is 0 Å². The number of carbonyl (C=O) groups is 2. The quantitative estimate of drug-likeness (QED) is 0.778. The number of fused-ring (bicyclic) bond motifs is 3. The van der Waals surface area contributed by atoms with Gasteiger partial charge in [-0.25, -0.2) is 4.79 Å². The number of aliphatic hydroxyl groups excluding tert-OH is 1. The molecule has 0 bridgehead atoms. The fourth-order valence-corrected chi connectivity index (χ4v) is 3.16. The van der Waals surface area contributed by atoms with E-state index in [1.807, 2.05) is 36.4 Å². The molecule has 1 aliphatic rings. The summed E-state index contributed by atoms with van der Waals surface area (Å²) in [5, 5.41) is 11.8. The number of benzene rings is 2. The molecule has 2 N–H and O–H groups in total. The number of hydrogen-bond acceptors (Lipinski definition) is 5. The average molecular weight is 355 g/mol. The number of aliphatic hydroxyl groups is 1. The summed E-state index contributed by atoms with van der Waals surface area (Å²) in [5.41, 5.74) is 4.56. The minimum atomic E-state index is -0.699. The van der Waals surface area contributed by atoms with Crippen LogP contribution >= 0.6 is 0 Å². The number of ether oxygens (including phenoxy) is 2. The Labute approximate surface area is 151 Å². The van der Waals surface area contributed by atoms with Crippen LogP contribution in [0.1, 0.15) is 24.0 Å². The second kappa shape index (κ2) is 8.01. The molecule has 26 heavy (non-hydrogen) atoms. The van der Waals surface area contributed by atoms with Gasteiger partial charge in [-0.2, -0.15) is 0 Å². The number of hydrogen-bond donors (Lipinski definition) is 2. The van der Waals surface area contributed by atoms with E-state index in [-0.39, 0.29) is 25.7 Å². The van der Waals surface area contributed by atoms with Crippen LogP contribution in [0.15, 0.2) is 48.5 Å². The number of esters is 1. The summed E-state index contributed by atoms with van der Waals surface area (Å²) in [6.07, 6.45) is -0.655. The first-order chi connectivity index (χ1) is 12.6. The van der Waals surface area contributed by atoms with E-state index in [1.165, 1.54) is 6.92 Å². The van der Waals surface area contributed by atoms with E-state index in [0.717, 1.165) is 22.3 Å². The van der Waals surface area contributed by atoms with Crippen molar-refractivity contribution < 1.29 is 24.2 Å². The standard InChI is InChI=1S/C20H21NO5/c1-13(23)25-11-14(10-22)21-20(24)26-12-19-17-8-4-2-6-15(17)16-7-3-5-9-18(16)19/h2-9,14,19,22H,10-12H2,1H3,(H,21,24). The Morgan fingerprint density at radius 1 is 1.04 bits per heavy atom. The van der Waals surface area contributed by atoms with E-state index in [4.69, 9.17) is 9.47 Å². The van der Waals surface area contributed by atoms with Gasteiger partial charge in [-0.3, -0.25) is 4.79 Å². The molecule has 0 aromatic heterocycles. The van der Waals surface area contributed by atoms with Gasteiger partial charge in [-0.1, -0.05) is 48.5 Å². The number of amides is 1. The Balaban J connectivity index is 1.64. The normalized spacial score (nSPS) is 13.5. The van der Waals surface area contributed by atoms with Gasteiger partial charge in [-0.15, -0.1) is 0 Å². The lowest BCUT2D eigenvalue weighted by molar-refractivity contribution is -0.141. The molecular formula is C20H21NO5. The van der Waals surface area contributed by atoms with Crippen LogP contribution in [0.25, 0.3) is 11.1 Å². The fourth-order valence-electron chi connectivity index (χ4n) is 3.16. The first kappa shape index (κ1) is 17.9. The second-order valence-corrected chi connectivity index (χ2v) is 6.15. The molecule has 6 heteroatoms. The minimum absolute atomic E-state index is 0.0332. The highest BCUT2D eigenvalue weighted by molar-refractivity contribution is 5.79. The molecule has 0 saturated heterocycles. The summed E-state index contributed by atoms with van der Waals surface area (Å²) in [7, 11) is 0. The smallest absolute Gasteiger partial charge is 0.407 e. The lowest BCUT2D eigenvalue weighted by Crippen LogP contribution is -2.41. The summed E-state index contributed by atoms with van der Waals surface area (Å²) < 4.78 is 10.2. The first-order valence-electron chi connectivity index (χ1n) is 8.46. The van der Waals surface area contributed by atoms with Crippen molar-refractivity contribution in [2.45, 2.75) is 18.9 Å². The summed E-state index contributed by atoms with van der Waals surface area (Å²) >= 11 is 0. The average Bonchev–Trinajstić information content (AvgIpc) is 2.97. The van der Waals surface area contributed by atoms with Crippen LogP contribution in [0.4, 0.5) is 4.79 Å². The second-order valence-electron chi connectivity index (χ2n) is 6.15. The Morgan fingerprint density at radius 2 is 1.62 bits per heavy atom. The molecule has 3 rings (SSSR count). The van der Waals surface area contributed by atoms with Crippen molar-refractivity contribution in [1.82, 2.24) is 5.32 Å². The van der Waals surface area contributed by atoms with Crippen LogP contribution in [0.3, 0.4) is 0 Å². The van der Waals surface area contributed by atoms with E-state index >= 15 is 0 Å². The van der Waals surface area contributed by atoms with E-state index in [9.17, 15) is 14.7 Å². The highest BCUT2D eigenvalue weighted by Gasteiger charge is 2.29. The molecule has 136 valence electrons. The van der Waals surface area contributed by atoms with Crippen LogP contribution in [-0.4, -0.2) is 43.0 Å². The Bertz CT molecular complexity index is 759. The number of nitrogens with one attached hydrogen (secondary N) is 1. The molecule has 1 aliphatic carbocycles. The Hall–Kier alpha value is -2.86. The number of alkyl carbamates (subject to hydrolysis) is 1. The van der Waals surface area contributed by atoms with E-state index in [0.29, 0.717) is 0 Å². The van der Waals surface area contributed by atoms with Gasteiger partial charge in [0, 0.05) is 12.8 Å². The highest BCUT2D eigenvalue weighted by atomic mass is 16.6. The summed E-state index contributed by atoms with van der Waals surface area (Å²) in [6.45, 7) is 1.00. The number of rotatable bonds is 6. The van der Waals surface area contributed by atoms with Crippen LogP contribution in [0.5, 0.6) is 0 Å². The molecule has 0 radical (unpaired) electrons. The van der Waals surface area contributed by atoms with Gasteiger partial charge in [-0.05, 0) is 22.3 Å². The van der Waals surface area contributed by atoms with Gasteiger partial charge in [0.25, 0.3) is 0 Å². The molecule has 0 aliphatic heterocycles. The molecule has 6 nitrogen and oxygen atoms in total. The maximum atomic E-state index is 12.1. The summed E-state index contributed by atoms with van der Waals surface area (Å²) in [5.74, 6) is -0.507. The molecule has 2 aromatic carbocycles. The molecule has 0 heterocycles. The maximum Gasteiger partial charge on any atom is 0.407 e.